The first-order valence-corrected chi connectivity index (χ1v) is 5.72. The van der Waals surface area contributed by atoms with E-state index < -0.39 is 6.10 Å². The highest BCUT2D eigenvalue weighted by Crippen LogP contribution is 2.13. The van der Waals surface area contributed by atoms with Crippen LogP contribution in [0.2, 0.25) is 0 Å². The number of aliphatic hydroxyl groups is 2. The van der Waals surface area contributed by atoms with Gasteiger partial charge in [-0.25, -0.2) is 0 Å². The zero-order valence-corrected chi connectivity index (χ0v) is 8.81. The summed E-state index contributed by atoms with van der Waals surface area (Å²) in [6.07, 6.45) is 1.94. The van der Waals surface area contributed by atoms with Gasteiger partial charge in [0.2, 0.25) is 0 Å². The van der Waals surface area contributed by atoms with Crippen molar-refractivity contribution in [2.24, 2.45) is 5.92 Å². The molecule has 3 heteroatoms. The lowest BCUT2D eigenvalue weighted by molar-refractivity contribution is 0.113. The minimum atomic E-state index is -0.538. The van der Waals surface area contributed by atoms with Crippen LogP contribution in [-0.4, -0.2) is 34.4 Å². The molecule has 2 nitrogen and oxygen atoms in total. The van der Waals surface area contributed by atoms with Crippen molar-refractivity contribution < 1.29 is 10.2 Å². The molecule has 0 aromatic carbocycles. The number of rotatable bonds is 7. The Kier molecular flexibility index (Phi) is 8.07. The van der Waals surface area contributed by atoms with Gasteiger partial charge in [-0.2, -0.15) is 11.8 Å². The van der Waals surface area contributed by atoms with Crippen LogP contribution in [0.1, 0.15) is 26.7 Å². The summed E-state index contributed by atoms with van der Waals surface area (Å²) in [5.41, 5.74) is 0. The van der Waals surface area contributed by atoms with Gasteiger partial charge in [0.25, 0.3) is 0 Å². The van der Waals surface area contributed by atoms with E-state index in [0.29, 0.717) is 5.75 Å². The third-order valence-electron chi connectivity index (χ3n) is 1.70. The van der Waals surface area contributed by atoms with Crippen molar-refractivity contribution in [3.8, 4) is 0 Å². The van der Waals surface area contributed by atoms with E-state index in [-0.39, 0.29) is 6.61 Å². The first kappa shape index (κ1) is 12.3. The zero-order chi connectivity index (χ0) is 9.40. The molecule has 0 bridgehead atoms. The Hall–Kier alpha value is 0.270. The fourth-order valence-corrected chi connectivity index (χ4v) is 2.12. The van der Waals surface area contributed by atoms with Gasteiger partial charge < -0.3 is 10.2 Å². The molecule has 0 heterocycles. The Balaban J connectivity index is 3.18. The third kappa shape index (κ3) is 6.95. The van der Waals surface area contributed by atoms with Crippen LogP contribution in [0, 0.1) is 5.92 Å². The van der Waals surface area contributed by atoms with Gasteiger partial charge in [0, 0.05) is 5.75 Å². The topological polar surface area (TPSA) is 40.5 Å². The summed E-state index contributed by atoms with van der Waals surface area (Å²) >= 11 is 1.72. The van der Waals surface area contributed by atoms with Crippen molar-refractivity contribution in [3.63, 3.8) is 0 Å². The largest absolute Gasteiger partial charge is 0.394 e. The molecule has 2 unspecified atom stereocenters. The lowest BCUT2D eigenvalue weighted by atomic mass is 10.1. The van der Waals surface area contributed by atoms with Crippen molar-refractivity contribution in [1.82, 2.24) is 0 Å². The molecule has 0 aliphatic heterocycles. The average Bonchev–Trinajstić information content (AvgIpc) is 2.04. The van der Waals surface area contributed by atoms with E-state index >= 15 is 0 Å². The number of aliphatic hydroxyl groups excluding tert-OH is 2. The maximum Gasteiger partial charge on any atom is 0.0861 e. The van der Waals surface area contributed by atoms with E-state index in [4.69, 9.17) is 10.2 Å². The molecule has 0 amide bonds. The smallest absolute Gasteiger partial charge is 0.0861 e. The molecule has 0 spiro atoms. The Labute approximate surface area is 79.4 Å². The van der Waals surface area contributed by atoms with Crippen LogP contribution in [0.15, 0.2) is 0 Å². The summed E-state index contributed by atoms with van der Waals surface area (Å²) in [4.78, 5) is 0. The van der Waals surface area contributed by atoms with E-state index in [1.165, 1.54) is 12.8 Å². The van der Waals surface area contributed by atoms with Crippen LogP contribution in [0.25, 0.3) is 0 Å². The van der Waals surface area contributed by atoms with Crippen molar-refractivity contribution in [3.05, 3.63) is 0 Å². The number of thioether (sulfide) groups is 1. The minimum absolute atomic E-state index is 0.116. The third-order valence-corrected chi connectivity index (χ3v) is 3.13. The van der Waals surface area contributed by atoms with Crippen LogP contribution in [0.5, 0.6) is 0 Å². The van der Waals surface area contributed by atoms with E-state index in [9.17, 15) is 0 Å². The van der Waals surface area contributed by atoms with Gasteiger partial charge in [-0.05, 0) is 11.7 Å². The van der Waals surface area contributed by atoms with Gasteiger partial charge in [-0.1, -0.05) is 26.7 Å². The Morgan fingerprint density at radius 3 is 2.50 bits per heavy atom. The quantitative estimate of drug-likeness (QED) is 0.642. The fourth-order valence-electron chi connectivity index (χ4n) is 1.03. The maximum absolute atomic E-state index is 9.03. The van der Waals surface area contributed by atoms with Gasteiger partial charge in [-0.15, -0.1) is 0 Å². The second-order valence-electron chi connectivity index (χ2n) is 3.27. The predicted molar refractivity (Wildman–Crippen MR) is 54.5 cm³/mol. The van der Waals surface area contributed by atoms with Crippen LogP contribution < -0.4 is 0 Å². The molecule has 12 heavy (non-hydrogen) atoms. The van der Waals surface area contributed by atoms with Gasteiger partial charge in [0.15, 0.2) is 0 Å². The molecule has 0 rings (SSSR count). The standard InChI is InChI=1S/C9H20O2S/c1-3-4-8(2)6-12-7-9(11)5-10/h8-11H,3-7H2,1-2H3. The van der Waals surface area contributed by atoms with Gasteiger partial charge in [0.05, 0.1) is 12.7 Å². The SMILES string of the molecule is CCCC(C)CSCC(O)CO. The molecule has 0 aliphatic rings. The van der Waals surface area contributed by atoms with Crippen molar-refractivity contribution in [2.45, 2.75) is 32.8 Å². The summed E-state index contributed by atoms with van der Waals surface area (Å²) in [5, 5.41) is 17.6. The van der Waals surface area contributed by atoms with Crippen LogP contribution in [0.4, 0.5) is 0 Å². The lowest BCUT2D eigenvalue weighted by Gasteiger charge is -2.10. The molecule has 2 atom stereocenters. The maximum atomic E-state index is 9.03. The van der Waals surface area contributed by atoms with Gasteiger partial charge in [0.1, 0.15) is 0 Å². The predicted octanol–water partition coefficient (Wildman–Crippen LogP) is 1.51. The second-order valence-corrected chi connectivity index (χ2v) is 4.34. The lowest BCUT2D eigenvalue weighted by Crippen LogP contribution is -2.15. The number of hydrogen-bond donors (Lipinski definition) is 2. The molecule has 0 aromatic rings. The molecule has 0 fully saturated rings. The summed E-state index contributed by atoms with van der Waals surface area (Å²) in [7, 11) is 0. The molecule has 0 radical (unpaired) electrons. The van der Waals surface area contributed by atoms with E-state index in [2.05, 4.69) is 13.8 Å². The van der Waals surface area contributed by atoms with Crippen LogP contribution in [-0.2, 0) is 0 Å². The first-order chi connectivity index (χ1) is 5.70. The molecule has 74 valence electrons. The Morgan fingerprint density at radius 2 is 2.00 bits per heavy atom. The highest BCUT2D eigenvalue weighted by molar-refractivity contribution is 7.99. The summed E-state index contributed by atoms with van der Waals surface area (Å²) < 4.78 is 0. The summed E-state index contributed by atoms with van der Waals surface area (Å²) in [6, 6.07) is 0. The molecular weight excluding hydrogens is 172 g/mol. The molecular formula is C9H20O2S. The summed E-state index contributed by atoms with van der Waals surface area (Å²) in [5.74, 6) is 2.47. The van der Waals surface area contributed by atoms with E-state index in [1.54, 1.807) is 11.8 Å². The van der Waals surface area contributed by atoms with Gasteiger partial charge in [-0.3, -0.25) is 0 Å². The van der Waals surface area contributed by atoms with Gasteiger partial charge >= 0.3 is 0 Å². The second kappa shape index (κ2) is 7.90. The fraction of sp³-hybridized carbons (Fsp3) is 1.00. The van der Waals surface area contributed by atoms with Crippen LogP contribution in [0.3, 0.4) is 0 Å². The average molecular weight is 192 g/mol. The molecule has 0 saturated carbocycles. The normalized spacial score (nSPS) is 16.0. The number of hydrogen-bond acceptors (Lipinski definition) is 3. The minimum Gasteiger partial charge on any atom is -0.394 e. The first-order valence-electron chi connectivity index (χ1n) is 4.57. The van der Waals surface area contributed by atoms with Crippen molar-refractivity contribution in [1.29, 1.82) is 0 Å². The monoisotopic (exact) mass is 192 g/mol. The van der Waals surface area contributed by atoms with Crippen LogP contribution >= 0.6 is 11.8 Å². The zero-order valence-electron chi connectivity index (χ0n) is 7.99. The Morgan fingerprint density at radius 1 is 1.33 bits per heavy atom. The highest BCUT2D eigenvalue weighted by atomic mass is 32.2. The van der Waals surface area contributed by atoms with Crippen molar-refractivity contribution >= 4 is 11.8 Å². The molecule has 0 saturated heterocycles. The summed E-state index contributed by atoms with van der Waals surface area (Å²) in [6.45, 7) is 4.29. The molecule has 2 N–H and O–H groups in total. The highest BCUT2D eigenvalue weighted by Gasteiger charge is 2.04. The van der Waals surface area contributed by atoms with E-state index in [0.717, 1.165) is 11.7 Å². The molecule has 0 aromatic heterocycles. The Bertz CT molecular complexity index is 98.5. The molecule has 0 aliphatic carbocycles. The van der Waals surface area contributed by atoms with Crippen molar-refractivity contribution in [2.75, 3.05) is 18.1 Å². The van der Waals surface area contributed by atoms with E-state index in [1.807, 2.05) is 0 Å².